The lowest BCUT2D eigenvalue weighted by Crippen LogP contribution is -2.46. The molecule has 23 heavy (non-hydrogen) atoms. The van der Waals surface area contributed by atoms with Crippen LogP contribution in [0.2, 0.25) is 0 Å². The van der Waals surface area contributed by atoms with E-state index in [0.717, 1.165) is 50.0 Å². The van der Waals surface area contributed by atoms with Gasteiger partial charge in [-0.05, 0) is 30.8 Å². The summed E-state index contributed by atoms with van der Waals surface area (Å²) >= 11 is 0. The Balaban J connectivity index is 1.67. The Morgan fingerprint density at radius 3 is 2.35 bits per heavy atom. The number of ether oxygens (including phenoxy) is 2. The van der Waals surface area contributed by atoms with E-state index in [9.17, 15) is 0 Å². The molecule has 1 aromatic carbocycles. The maximum absolute atomic E-state index is 5.81. The molecule has 3 rings (SSSR count). The van der Waals surface area contributed by atoms with Crippen molar-refractivity contribution in [3.63, 3.8) is 0 Å². The molecule has 0 spiro atoms. The van der Waals surface area contributed by atoms with Crippen LogP contribution in [0.5, 0.6) is 17.4 Å². The summed E-state index contributed by atoms with van der Waals surface area (Å²) in [4.78, 5) is 13.3. The number of anilines is 1. The minimum Gasteiger partial charge on any atom is -0.497 e. The lowest BCUT2D eigenvalue weighted by molar-refractivity contribution is 0.270. The van der Waals surface area contributed by atoms with Crippen LogP contribution >= 0.6 is 0 Å². The molecule has 0 radical (unpaired) electrons. The van der Waals surface area contributed by atoms with Crippen molar-refractivity contribution >= 4 is 5.82 Å². The second kappa shape index (κ2) is 7.28. The van der Waals surface area contributed by atoms with Gasteiger partial charge in [0.25, 0.3) is 0 Å². The first-order valence-electron chi connectivity index (χ1n) is 7.89. The van der Waals surface area contributed by atoms with E-state index < -0.39 is 0 Å². The van der Waals surface area contributed by atoms with Crippen molar-refractivity contribution in [2.45, 2.75) is 6.92 Å². The first kappa shape index (κ1) is 15.6. The van der Waals surface area contributed by atoms with Crippen molar-refractivity contribution in [1.29, 1.82) is 0 Å². The molecule has 0 atom stereocenters. The van der Waals surface area contributed by atoms with Gasteiger partial charge in [0.1, 0.15) is 23.6 Å². The zero-order valence-electron chi connectivity index (χ0n) is 13.6. The first-order valence-corrected chi connectivity index (χ1v) is 7.89. The molecule has 1 fully saturated rings. The number of hydrogen-bond acceptors (Lipinski definition) is 6. The van der Waals surface area contributed by atoms with Crippen molar-refractivity contribution in [2.24, 2.45) is 0 Å². The van der Waals surface area contributed by atoms with Gasteiger partial charge in [-0.1, -0.05) is 6.92 Å². The van der Waals surface area contributed by atoms with Crippen molar-refractivity contribution in [1.82, 2.24) is 14.9 Å². The van der Waals surface area contributed by atoms with Gasteiger partial charge in [-0.2, -0.15) is 0 Å². The Morgan fingerprint density at radius 1 is 1.00 bits per heavy atom. The Bertz CT molecular complexity index is 625. The quantitative estimate of drug-likeness (QED) is 0.845. The van der Waals surface area contributed by atoms with Gasteiger partial charge in [-0.25, -0.2) is 9.97 Å². The standard InChI is InChI=1S/C17H22N4O2/c1-3-20-8-10-21(11-9-20)16-12-17(19-13-18-16)23-15-6-4-14(22-2)5-7-15/h4-7,12-13H,3,8-11H2,1-2H3. The number of benzene rings is 1. The van der Waals surface area contributed by atoms with Crippen LogP contribution in [0.15, 0.2) is 36.7 Å². The predicted octanol–water partition coefficient (Wildman–Crippen LogP) is 2.42. The van der Waals surface area contributed by atoms with Gasteiger partial charge in [0.05, 0.1) is 7.11 Å². The minimum atomic E-state index is 0.554. The fraction of sp³-hybridized carbons (Fsp3) is 0.412. The topological polar surface area (TPSA) is 50.7 Å². The van der Waals surface area contributed by atoms with Crippen molar-refractivity contribution in [3.05, 3.63) is 36.7 Å². The van der Waals surface area contributed by atoms with Crippen LogP contribution in [0.4, 0.5) is 5.82 Å². The molecule has 6 heteroatoms. The van der Waals surface area contributed by atoms with E-state index in [1.165, 1.54) is 0 Å². The molecule has 2 aromatic rings. The Labute approximate surface area is 136 Å². The van der Waals surface area contributed by atoms with E-state index in [0.29, 0.717) is 5.88 Å². The summed E-state index contributed by atoms with van der Waals surface area (Å²) in [5.41, 5.74) is 0. The van der Waals surface area contributed by atoms with Crippen LogP contribution in [-0.2, 0) is 0 Å². The second-order valence-corrected chi connectivity index (χ2v) is 5.41. The van der Waals surface area contributed by atoms with Crippen molar-refractivity contribution in [2.75, 3.05) is 44.7 Å². The van der Waals surface area contributed by atoms with Gasteiger partial charge >= 0.3 is 0 Å². The fourth-order valence-corrected chi connectivity index (χ4v) is 2.62. The zero-order chi connectivity index (χ0) is 16.1. The summed E-state index contributed by atoms with van der Waals surface area (Å²) in [6.45, 7) is 7.38. The molecular formula is C17H22N4O2. The highest BCUT2D eigenvalue weighted by atomic mass is 16.5. The lowest BCUT2D eigenvalue weighted by atomic mass is 10.3. The van der Waals surface area contributed by atoms with Gasteiger partial charge in [0, 0.05) is 32.2 Å². The molecule has 122 valence electrons. The van der Waals surface area contributed by atoms with E-state index >= 15 is 0 Å². The maximum atomic E-state index is 5.81. The van der Waals surface area contributed by atoms with Crippen LogP contribution in [-0.4, -0.2) is 54.7 Å². The van der Waals surface area contributed by atoms with Gasteiger partial charge in [-0.15, -0.1) is 0 Å². The van der Waals surface area contributed by atoms with Crippen LogP contribution < -0.4 is 14.4 Å². The highest BCUT2D eigenvalue weighted by Crippen LogP contribution is 2.24. The van der Waals surface area contributed by atoms with E-state index in [2.05, 4.69) is 26.7 Å². The van der Waals surface area contributed by atoms with Crippen LogP contribution in [0.25, 0.3) is 0 Å². The fourth-order valence-electron chi connectivity index (χ4n) is 2.62. The lowest BCUT2D eigenvalue weighted by Gasteiger charge is -2.34. The molecule has 1 aromatic heterocycles. The molecule has 0 saturated carbocycles. The highest BCUT2D eigenvalue weighted by Gasteiger charge is 2.17. The third-order valence-corrected chi connectivity index (χ3v) is 4.05. The molecule has 0 amide bonds. The maximum Gasteiger partial charge on any atom is 0.224 e. The number of likely N-dealkylation sites (N-methyl/N-ethyl adjacent to an activating group) is 1. The Morgan fingerprint density at radius 2 is 1.70 bits per heavy atom. The van der Waals surface area contributed by atoms with Crippen LogP contribution in [0, 0.1) is 0 Å². The van der Waals surface area contributed by atoms with Crippen LogP contribution in [0.1, 0.15) is 6.92 Å². The SMILES string of the molecule is CCN1CCN(c2cc(Oc3ccc(OC)cc3)ncn2)CC1. The number of hydrogen-bond donors (Lipinski definition) is 0. The molecule has 2 heterocycles. The minimum absolute atomic E-state index is 0.554. The Hall–Kier alpha value is -2.34. The van der Waals surface area contributed by atoms with Gasteiger partial charge < -0.3 is 19.3 Å². The molecular weight excluding hydrogens is 292 g/mol. The average Bonchev–Trinajstić information content (AvgIpc) is 2.63. The molecule has 1 aliphatic heterocycles. The van der Waals surface area contributed by atoms with Gasteiger partial charge in [0.15, 0.2) is 0 Å². The number of piperazine rings is 1. The smallest absolute Gasteiger partial charge is 0.224 e. The summed E-state index contributed by atoms with van der Waals surface area (Å²) in [5.74, 6) is 3.00. The molecule has 0 unspecified atom stereocenters. The third kappa shape index (κ3) is 3.90. The summed E-state index contributed by atoms with van der Waals surface area (Å²) in [6, 6.07) is 9.34. The number of rotatable bonds is 5. The highest BCUT2D eigenvalue weighted by molar-refractivity contribution is 5.43. The third-order valence-electron chi connectivity index (χ3n) is 4.05. The van der Waals surface area contributed by atoms with E-state index in [-0.39, 0.29) is 0 Å². The number of aromatic nitrogens is 2. The summed E-state index contributed by atoms with van der Waals surface area (Å²) < 4.78 is 11.0. The Kier molecular flexibility index (Phi) is 4.92. The van der Waals surface area contributed by atoms with Crippen molar-refractivity contribution < 1.29 is 9.47 Å². The normalized spacial score (nSPS) is 15.5. The van der Waals surface area contributed by atoms with Gasteiger partial charge in [0.2, 0.25) is 5.88 Å². The monoisotopic (exact) mass is 314 g/mol. The largest absolute Gasteiger partial charge is 0.497 e. The van der Waals surface area contributed by atoms with E-state index in [4.69, 9.17) is 9.47 Å². The zero-order valence-corrected chi connectivity index (χ0v) is 13.6. The summed E-state index contributed by atoms with van der Waals surface area (Å²) in [7, 11) is 1.64. The number of methoxy groups -OCH3 is 1. The van der Waals surface area contributed by atoms with Gasteiger partial charge in [-0.3, -0.25) is 0 Å². The first-order chi connectivity index (χ1) is 11.3. The molecule has 0 bridgehead atoms. The van der Waals surface area contributed by atoms with E-state index in [1.807, 2.05) is 30.3 Å². The van der Waals surface area contributed by atoms with Crippen molar-refractivity contribution in [3.8, 4) is 17.4 Å². The molecule has 6 nitrogen and oxygen atoms in total. The molecule has 0 aliphatic carbocycles. The summed E-state index contributed by atoms with van der Waals surface area (Å²) in [6.07, 6.45) is 1.56. The number of nitrogens with zero attached hydrogens (tertiary/aromatic N) is 4. The van der Waals surface area contributed by atoms with E-state index in [1.54, 1.807) is 13.4 Å². The molecule has 1 saturated heterocycles. The molecule has 0 N–H and O–H groups in total. The predicted molar refractivity (Wildman–Crippen MR) is 89.4 cm³/mol. The second-order valence-electron chi connectivity index (χ2n) is 5.41. The average molecular weight is 314 g/mol. The van der Waals surface area contributed by atoms with Crippen LogP contribution in [0.3, 0.4) is 0 Å². The molecule has 1 aliphatic rings. The summed E-state index contributed by atoms with van der Waals surface area (Å²) in [5, 5.41) is 0.